The number of carboxylic acids is 2. The quantitative estimate of drug-likeness (QED) is 0.129. The van der Waals surface area contributed by atoms with Gasteiger partial charge in [0.1, 0.15) is 22.6 Å². The first kappa shape index (κ1) is 32.0. The first-order valence-corrected chi connectivity index (χ1v) is 15.0. The van der Waals surface area contributed by atoms with Crippen LogP contribution in [0.2, 0.25) is 0 Å². The maximum atomic E-state index is 11.9. The van der Waals surface area contributed by atoms with E-state index >= 15 is 0 Å². The molecule has 9 heteroatoms. The van der Waals surface area contributed by atoms with Crippen molar-refractivity contribution in [2.75, 3.05) is 13.7 Å². The van der Waals surface area contributed by atoms with Gasteiger partial charge >= 0.3 is 17.9 Å². The van der Waals surface area contributed by atoms with E-state index in [1.165, 1.54) is 32.1 Å². The van der Waals surface area contributed by atoms with Crippen molar-refractivity contribution in [2.45, 2.75) is 37.6 Å². The number of methoxy groups -OCH3 is 1. The Kier molecular flexibility index (Phi) is 9.83. The number of benzene rings is 5. The summed E-state index contributed by atoms with van der Waals surface area (Å²) in [7, 11) is 1.46. The van der Waals surface area contributed by atoms with Gasteiger partial charge in [-0.05, 0) is 58.6 Å². The van der Waals surface area contributed by atoms with Gasteiger partial charge in [0.2, 0.25) is 0 Å². The SMILES string of the molecule is COC(=O)C(c1ccccc1)C1CCCCN1.O=C(O)c1cc2ccccc2c(Cc2c(O)c(C(=O)O)cc3ccccc23)c1O. The smallest absolute Gasteiger partial charge is 0.339 e. The molecule has 5 aromatic rings. The molecular formula is C37H35NO8. The summed E-state index contributed by atoms with van der Waals surface area (Å²) in [5.41, 5.74) is 1.15. The second-order valence-electron chi connectivity index (χ2n) is 11.2. The number of rotatable bonds is 7. The van der Waals surface area contributed by atoms with E-state index < -0.39 is 23.4 Å². The number of esters is 1. The number of carboxylic acid groups (broad SMARTS) is 2. The monoisotopic (exact) mass is 621 g/mol. The first-order chi connectivity index (χ1) is 22.2. The van der Waals surface area contributed by atoms with Crippen LogP contribution in [0.1, 0.15) is 62.6 Å². The van der Waals surface area contributed by atoms with Gasteiger partial charge < -0.3 is 30.5 Å². The van der Waals surface area contributed by atoms with E-state index in [1.54, 1.807) is 48.5 Å². The lowest BCUT2D eigenvalue weighted by Gasteiger charge is -2.29. The van der Waals surface area contributed by atoms with Crippen molar-refractivity contribution in [3.8, 4) is 11.5 Å². The Morgan fingerprint density at radius 1 is 0.761 bits per heavy atom. The standard InChI is InChI=1S/C23H16O6.C14H19NO2/c24-20-16(14-7-3-1-5-12(14)9-18(20)22(26)27)11-17-15-8-4-2-6-13(15)10-19(21(17)25)23(28)29;1-17-14(16)13(11-7-3-2-4-8-11)12-9-5-6-10-15-12/h1-10,24-25H,11H2,(H,26,27)(H,28,29);2-4,7-8,12-13,15H,5-6,9-10H2,1H3. The molecule has 1 fully saturated rings. The Morgan fingerprint density at radius 2 is 1.26 bits per heavy atom. The molecule has 1 saturated heterocycles. The van der Waals surface area contributed by atoms with Crippen LogP contribution in [0, 0.1) is 0 Å². The summed E-state index contributed by atoms with van der Waals surface area (Å²) in [5, 5.41) is 46.2. The second-order valence-corrected chi connectivity index (χ2v) is 11.2. The van der Waals surface area contributed by atoms with E-state index in [9.17, 15) is 34.8 Å². The number of fused-ring (bicyclic) bond motifs is 2. The Hall–Kier alpha value is -5.41. The molecule has 5 N–H and O–H groups in total. The van der Waals surface area contributed by atoms with Crippen molar-refractivity contribution in [3.05, 3.63) is 119 Å². The highest BCUT2D eigenvalue weighted by atomic mass is 16.5. The summed E-state index contributed by atoms with van der Waals surface area (Å²) >= 11 is 0. The molecule has 6 rings (SSSR count). The van der Waals surface area contributed by atoms with Crippen molar-refractivity contribution in [3.63, 3.8) is 0 Å². The van der Waals surface area contributed by atoms with E-state index in [0.717, 1.165) is 18.5 Å². The molecule has 0 aromatic heterocycles. The number of carbonyl (C=O) groups is 3. The minimum atomic E-state index is -1.28. The Morgan fingerprint density at radius 3 is 1.72 bits per heavy atom. The van der Waals surface area contributed by atoms with E-state index in [1.807, 2.05) is 30.3 Å². The normalized spacial score (nSPS) is 15.0. The molecular weight excluding hydrogens is 586 g/mol. The van der Waals surface area contributed by atoms with Gasteiger partial charge in [-0.3, -0.25) is 4.79 Å². The van der Waals surface area contributed by atoms with Gasteiger partial charge in [-0.2, -0.15) is 0 Å². The summed E-state index contributed by atoms with van der Waals surface area (Å²) in [6, 6.07) is 26.9. The molecule has 1 aliphatic rings. The molecule has 9 nitrogen and oxygen atoms in total. The lowest BCUT2D eigenvalue weighted by molar-refractivity contribution is -0.143. The molecule has 0 amide bonds. The molecule has 0 bridgehead atoms. The van der Waals surface area contributed by atoms with Crippen molar-refractivity contribution < 1.29 is 39.5 Å². The van der Waals surface area contributed by atoms with Crippen LogP contribution in [0.5, 0.6) is 11.5 Å². The van der Waals surface area contributed by atoms with Crippen molar-refractivity contribution >= 4 is 39.5 Å². The molecule has 2 unspecified atom stereocenters. The number of aromatic hydroxyl groups is 2. The average Bonchev–Trinajstić information content (AvgIpc) is 3.07. The van der Waals surface area contributed by atoms with Gasteiger partial charge in [0, 0.05) is 23.6 Å². The number of piperidine rings is 1. The van der Waals surface area contributed by atoms with Gasteiger partial charge in [0.05, 0.1) is 13.0 Å². The molecule has 0 aliphatic carbocycles. The van der Waals surface area contributed by atoms with Crippen LogP contribution < -0.4 is 5.32 Å². The maximum absolute atomic E-state index is 11.9. The van der Waals surface area contributed by atoms with E-state index in [0.29, 0.717) is 32.7 Å². The van der Waals surface area contributed by atoms with Crippen LogP contribution >= 0.6 is 0 Å². The number of nitrogens with one attached hydrogen (secondary N) is 1. The summed E-state index contributed by atoms with van der Waals surface area (Å²) in [6.45, 7) is 0.991. The predicted octanol–water partition coefficient (Wildman–Crippen LogP) is 6.48. The van der Waals surface area contributed by atoms with E-state index in [-0.39, 0.29) is 35.5 Å². The van der Waals surface area contributed by atoms with Crippen LogP contribution in [-0.4, -0.2) is 58.0 Å². The molecule has 0 spiro atoms. The molecule has 236 valence electrons. The highest BCUT2D eigenvalue weighted by Gasteiger charge is 2.31. The van der Waals surface area contributed by atoms with E-state index in [2.05, 4.69) is 5.32 Å². The molecule has 0 radical (unpaired) electrons. The van der Waals surface area contributed by atoms with Crippen molar-refractivity contribution in [1.29, 1.82) is 0 Å². The fourth-order valence-electron chi connectivity index (χ4n) is 6.17. The van der Waals surface area contributed by atoms with Crippen LogP contribution in [0.3, 0.4) is 0 Å². The number of hydrogen-bond donors (Lipinski definition) is 5. The minimum Gasteiger partial charge on any atom is -0.507 e. The lowest BCUT2D eigenvalue weighted by atomic mass is 9.86. The van der Waals surface area contributed by atoms with Crippen molar-refractivity contribution in [1.82, 2.24) is 5.32 Å². The average molecular weight is 622 g/mol. The zero-order valence-electron chi connectivity index (χ0n) is 25.3. The number of ether oxygens (including phenoxy) is 1. The number of carbonyl (C=O) groups excluding carboxylic acids is 1. The summed E-state index contributed by atoms with van der Waals surface area (Å²) in [5.74, 6) is -3.68. The van der Waals surface area contributed by atoms with Crippen LogP contribution in [0.25, 0.3) is 21.5 Å². The number of hydrogen-bond acceptors (Lipinski definition) is 7. The highest BCUT2D eigenvalue weighted by molar-refractivity contribution is 6.02. The van der Waals surface area contributed by atoms with Gasteiger partial charge in [-0.25, -0.2) is 9.59 Å². The van der Waals surface area contributed by atoms with Crippen molar-refractivity contribution in [2.24, 2.45) is 0 Å². The maximum Gasteiger partial charge on any atom is 0.339 e. The van der Waals surface area contributed by atoms with E-state index in [4.69, 9.17) is 4.74 Å². The first-order valence-electron chi connectivity index (χ1n) is 15.0. The number of aromatic carboxylic acids is 2. The van der Waals surface area contributed by atoms with Gasteiger partial charge in [0.15, 0.2) is 0 Å². The second kappa shape index (κ2) is 14.1. The third-order valence-corrected chi connectivity index (χ3v) is 8.43. The number of phenols is 2. The third-order valence-electron chi connectivity index (χ3n) is 8.43. The molecule has 1 aliphatic heterocycles. The highest BCUT2D eigenvalue weighted by Crippen LogP contribution is 2.38. The third kappa shape index (κ3) is 6.64. The Labute approximate surface area is 265 Å². The molecule has 5 aromatic carbocycles. The zero-order chi connectivity index (χ0) is 32.8. The fraction of sp³-hybridized carbons (Fsp3) is 0.216. The van der Waals surface area contributed by atoms with Crippen LogP contribution in [0.15, 0.2) is 91.0 Å². The van der Waals surface area contributed by atoms with Crippen LogP contribution in [0.4, 0.5) is 0 Å². The lowest BCUT2D eigenvalue weighted by Crippen LogP contribution is -2.42. The molecule has 0 saturated carbocycles. The minimum absolute atomic E-state index is 0.0407. The van der Waals surface area contributed by atoms with Crippen LogP contribution in [-0.2, 0) is 16.0 Å². The Balaban J connectivity index is 0.000000209. The summed E-state index contributed by atoms with van der Waals surface area (Å²) in [4.78, 5) is 35.2. The molecule has 1 heterocycles. The summed E-state index contributed by atoms with van der Waals surface area (Å²) < 4.78 is 4.94. The molecule has 2 atom stereocenters. The molecule has 46 heavy (non-hydrogen) atoms. The summed E-state index contributed by atoms with van der Waals surface area (Å²) in [6.07, 6.45) is 3.37. The van der Waals surface area contributed by atoms with Gasteiger partial charge in [-0.15, -0.1) is 0 Å². The predicted molar refractivity (Wildman–Crippen MR) is 175 cm³/mol. The topological polar surface area (TPSA) is 153 Å². The Bertz CT molecular complexity index is 1800. The van der Waals surface area contributed by atoms with Gasteiger partial charge in [-0.1, -0.05) is 85.3 Å². The fourth-order valence-corrected chi connectivity index (χ4v) is 6.17. The zero-order valence-corrected chi connectivity index (χ0v) is 25.3. The van der Waals surface area contributed by atoms with Gasteiger partial charge in [0.25, 0.3) is 0 Å². The largest absolute Gasteiger partial charge is 0.507 e.